The minimum Gasteiger partial charge on any atom is -1.00 e. The van der Waals surface area contributed by atoms with Gasteiger partial charge in [0.2, 0.25) is 0 Å². The summed E-state index contributed by atoms with van der Waals surface area (Å²) in [6.07, 6.45) is 1.29. The van der Waals surface area contributed by atoms with Crippen LogP contribution >= 0.6 is 0 Å². The Bertz CT molecular complexity index is 696. The van der Waals surface area contributed by atoms with Gasteiger partial charge in [-0.3, -0.25) is 0 Å². The Morgan fingerprint density at radius 2 is 1.67 bits per heavy atom. The lowest BCUT2D eigenvalue weighted by Gasteiger charge is -2.40. The smallest absolute Gasteiger partial charge is 0.141 e. The Labute approximate surface area is 164 Å². The molecule has 0 aromatic heterocycles. The normalized spacial score (nSPS) is 22.6. The maximum Gasteiger partial charge on any atom is 0.141 e. The van der Waals surface area contributed by atoms with E-state index in [1.807, 2.05) is 0 Å². The topological polar surface area (TPSA) is 9.23 Å². The number of hydrogen-bond donors (Lipinski definition) is 0. The minimum absolute atomic E-state index is 0. The highest BCUT2D eigenvalue weighted by molar-refractivity contribution is 6.76. The van der Waals surface area contributed by atoms with Crippen LogP contribution in [-0.2, 0) is 6.54 Å². The molecule has 2 aromatic carbocycles. The van der Waals surface area contributed by atoms with Gasteiger partial charge in [0, 0.05) is 16.7 Å². The highest BCUT2D eigenvalue weighted by Crippen LogP contribution is 2.44. The summed E-state index contributed by atoms with van der Waals surface area (Å²) in [5.74, 6) is 0.930. The van der Waals surface area contributed by atoms with E-state index < -0.39 is 8.07 Å². The van der Waals surface area contributed by atoms with Gasteiger partial charge in [0.25, 0.3) is 0 Å². The molecule has 4 heteroatoms. The lowest BCUT2D eigenvalue weighted by Crippen LogP contribution is -3.00. The molecule has 0 radical (unpaired) electrons. The SMILES string of the molecule is COc1ccc([C@@H]2c3ccccc3C[N@@+]2(C)C[Si](C)(C)C)cc1.[I-]. The average molecular weight is 453 g/mol. The molecule has 0 bridgehead atoms. The van der Waals surface area contributed by atoms with Crippen LogP contribution in [0.1, 0.15) is 22.7 Å². The number of fused-ring (bicyclic) bond motifs is 1. The monoisotopic (exact) mass is 453 g/mol. The largest absolute Gasteiger partial charge is 1.00 e. The van der Waals surface area contributed by atoms with Crippen molar-refractivity contribution in [1.29, 1.82) is 0 Å². The average Bonchev–Trinajstić information content (AvgIpc) is 2.76. The zero-order chi connectivity index (χ0) is 16.7. The molecule has 2 nitrogen and oxygen atoms in total. The molecule has 24 heavy (non-hydrogen) atoms. The van der Waals surface area contributed by atoms with Crippen LogP contribution in [0.15, 0.2) is 48.5 Å². The Morgan fingerprint density at radius 3 is 2.25 bits per heavy atom. The maximum atomic E-state index is 5.34. The first-order chi connectivity index (χ1) is 10.8. The number of nitrogens with zero attached hydrogens (tertiary/aromatic N) is 1. The molecule has 0 saturated heterocycles. The Balaban J connectivity index is 0.00000208. The van der Waals surface area contributed by atoms with Crippen molar-refractivity contribution in [3.8, 4) is 5.75 Å². The summed E-state index contributed by atoms with van der Waals surface area (Å²) in [6, 6.07) is 18.1. The van der Waals surface area contributed by atoms with Crippen molar-refractivity contribution >= 4 is 8.07 Å². The third-order valence-corrected chi connectivity index (χ3v) is 6.44. The first kappa shape index (κ1) is 19.5. The first-order valence-electron chi connectivity index (χ1n) is 8.38. The van der Waals surface area contributed by atoms with Gasteiger partial charge in [-0.25, -0.2) is 0 Å². The number of hydrogen-bond acceptors (Lipinski definition) is 1. The second kappa shape index (κ2) is 7.18. The molecule has 0 fully saturated rings. The van der Waals surface area contributed by atoms with Crippen molar-refractivity contribution < 1.29 is 33.2 Å². The molecule has 3 rings (SSSR count). The van der Waals surface area contributed by atoms with Crippen molar-refractivity contribution in [3.05, 3.63) is 65.2 Å². The van der Waals surface area contributed by atoms with Crippen LogP contribution in [0, 0.1) is 0 Å². The van der Waals surface area contributed by atoms with Gasteiger partial charge in [-0.2, -0.15) is 0 Å². The first-order valence-corrected chi connectivity index (χ1v) is 12.1. The van der Waals surface area contributed by atoms with E-state index in [4.69, 9.17) is 4.74 Å². The summed E-state index contributed by atoms with van der Waals surface area (Å²) >= 11 is 0. The number of halogens is 1. The fraction of sp³-hybridized carbons (Fsp3) is 0.400. The van der Waals surface area contributed by atoms with Gasteiger partial charge in [0.05, 0.1) is 20.3 Å². The van der Waals surface area contributed by atoms with E-state index in [-0.39, 0.29) is 24.0 Å². The van der Waals surface area contributed by atoms with Crippen LogP contribution in [0.3, 0.4) is 0 Å². The summed E-state index contributed by atoms with van der Waals surface area (Å²) in [5.41, 5.74) is 4.41. The van der Waals surface area contributed by atoms with Crippen molar-refractivity contribution in [3.63, 3.8) is 0 Å². The molecule has 0 spiro atoms. The Morgan fingerprint density at radius 1 is 1.04 bits per heavy atom. The Hall–Kier alpha value is -0.853. The molecule has 2 aromatic rings. The van der Waals surface area contributed by atoms with E-state index in [9.17, 15) is 0 Å². The van der Waals surface area contributed by atoms with Crippen LogP contribution in [0.25, 0.3) is 0 Å². The summed E-state index contributed by atoms with van der Waals surface area (Å²) in [6.45, 7) is 8.57. The molecule has 1 aliphatic rings. The van der Waals surface area contributed by atoms with E-state index in [1.54, 1.807) is 7.11 Å². The lowest BCUT2D eigenvalue weighted by molar-refractivity contribution is -0.930. The molecule has 2 atom stereocenters. The van der Waals surface area contributed by atoms with Crippen LogP contribution < -0.4 is 28.7 Å². The molecule has 0 N–H and O–H groups in total. The van der Waals surface area contributed by atoms with Crippen LogP contribution in [0.4, 0.5) is 0 Å². The molecule has 0 saturated carbocycles. The molecule has 130 valence electrons. The van der Waals surface area contributed by atoms with Crippen molar-refractivity contribution in [2.45, 2.75) is 32.2 Å². The second-order valence-electron chi connectivity index (χ2n) is 8.23. The Kier molecular flexibility index (Phi) is 5.82. The van der Waals surface area contributed by atoms with E-state index >= 15 is 0 Å². The second-order valence-corrected chi connectivity index (χ2v) is 13.7. The van der Waals surface area contributed by atoms with E-state index in [0.29, 0.717) is 6.04 Å². The van der Waals surface area contributed by atoms with Gasteiger partial charge < -0.3 is 33.2 Å². The predicted octanol–water partition coefficient (Wildman–Crippen LogP) is 1.63. The van der Waals surface area contributed by atoms with Gasteiger partial charge >= 0.3 is 0 Å². The van der Waals surface area contributed by atoms with Gasteiger partial charge in [-0.1, -0.05) is 43.9 Å². The van der Waals surface area contributed by atoms with Crippen LogP contribution in [-0.4, -0.2) is 32.9 Å². The summed E-state index contributed by atoms with van der Waals surface area (Å²) < 4.78 is 6.43. The quantitative estimate of drug-likeness (QED) is 0.389. The molecular formula is C20H28INOSi. The number of benzene rings is 2. The lowest BCUT2D eigenvalue weighted by atomic mass is 9.97. The highest BCUT2D eigenvalue weighted by Gasteiger charge is 2.45. The summed E-state index contributed by atoms with van der Waals surface area (Å²) in [4.78, 5) is 0. The van der Waals surface area contributed by atoms with Gasteiger partial charge in [0.1, 0.15) is 26.4 Å². The molecular weight excluding hydrogens is 425 g/mol. The number of rotatable bonds is 4. The molecule has 1 aliphatic heterocycles. The molecule has 0 amide bonds. The minimum atomic E-state index is -1.18. The van der Waals surface area contributed by atoms with E-state index in [0.717, 1.165) is 16.8 Å². The maximum absolute atomic E-state index is 5.34. The van der Waals surface area contributed by atoms with Gasteiger partial charge in [-0.15, -0.1) is 0 Å². The predicted molar refractivity (Wildman–Crippen MR) is 99.4 cm³/mol. The van der Waals surface area contributed by atoms with Crippen LogP contribution in [0.5, 0.6) is 5.75 Å². The van der Waals surface area contributed by atoms with Crippen LogP contribution in [0.2, 0.25) is 19.6 Å². The van der Waals surface area contributed by atoms with E-state index in [1.165, 1.54) is 22.9 Å². The van der Waals surface area contributed by atoms with E-state index in [2.05, 4.69) is 75.2 Å². The fourth-order valence-electron chi connectivity index (χ4n) is 4.32. The zero-order valence-corrected chi connectivity index (χ0v) is 18.5. The van der Waals surface area contributed by atoms with Crippen molar-refractivity contribution in [2.75, 3.05) is 20.3 Å². The molecule has 0 unspecified atom stereocenters. The third kappa shape index (κ3) is 3.86. The molecule has 1 heterocycles. The number of ether oxygens (including phenoxy) is 1. The van der Waals surface area contributed by atoms with Crippen molar-refractivity contribution in [1.82, 2.24) is 0 Å². The summed E-state index contributed by atoms with van der Waals surface area (Å²) in [5, 5.41) is 0. The standard InChI is InChI=1S/C20H28NOSi.HI/c1-21(15-23(3,4)5)14-17-8-6-7-9-19(17)20(21)16-10-12-18(22-2)13-11-16;/h6-13,20H,14-15H2,1-5H3;1H/q+1;/p-1/t20-,21+;/m1./s1. The molecule has 0 aliphatic carbocycles. The zero-order valence-electron chi connectivity index (χ0n) is 15.3. The van der Waals surface area contributed by atoms with Gasteiger partial charge in [-0.05, 0) is 24.3 Å². The highest BCUT2D eigenvalue weighted by atomic mass is 127. The third-order valence-electron chi connectivity index (χ3n) is 4.77. The number of quaternary nitrogens is 1. The van der Waals surface area contributed by atoms with Crippen molar-refractivity contribution in [2.24, 2.45) is 0 Å². The number of methoxy groups -OCH3 is 1. The fourth-order valence-corrected chi connectivity index (χ4v) is 6.78. The summed E-state index contributed by atoms with van der Waals surface area (Å²) in [7, 11) is 2.99. The van der Waals surface area contributed by atoms with Gasteiger partial charge in [0.15, 0.2) is 0 Å².